The first-order valence-electron chi connectivity index (χ1n) is 9.76. The molecule has 0 radical (unpaired) electrons. The monoisotopic (exact) mass is 584 g/mol. The van der Waals surface area contributed by atoms with Gasteiger partial charge in [0.2, 0.25) is 0 Å². The van der Waals surface area contributed by atoms with Crippen LogP contribution in [-0.4, -0.2) is 39.3 Å². The van der Waals surface area contributed by atoms with Crippen LogP contribution < -0.4 is 4.90 Å². The van der Waals surface area contributed by atoms with Gasteiger partial charge < -0.3 is 10.0 Å². The molecule has 3 aromatic rings. The predicted octanol–water partition coefficient (Wildman–Crippen LogP) is 5.92. The molecule has 5 nitrogen and oxygen atoms in total. The number of hydrogen-bond donors (Lipinski definition) is 1. The molecule has 0 bridgehead atoms. The van der Waals surface area contributed by atoms with Crippen molar-refractivity contribution in [2.45, 2.75) is 33.1 Å². The number of aliphatic hydroxyl groups is 1. The fourth-order valence-electron chi connectivity index (χ4n) is 4.17. The highest BCUT2D eigenvalue weighted by Gasteiger charge is 2.25. The third kappa shape index (κ3) is 4.13. The van der Waals surface area contributed by atoms with Gasteiger partial charge in [-0.15, -0.1) is 0 Å². The van der Waals surface area contributed by atoms with Gasteiger partial charge in [-0.1, -0.05) is 15.9 Å². The molecule has 1 aromatic carbocycles. The minimum absolute atomic E-state index is 0.278. The Balaban J connectivity index is 1.82. The Bertz CT molecular complexity index is 1030. The summed E-state index contributed by atoms with van der Waals surface area (Å²) in [6.45, 7) is 6.29. The van der Waals surface area contributed by atoms with Gasteiger partial charge in [0.15, 0.2) is 5.65 Å². The first-order chi connectivity index (χ1) is 13.9. The Morgan fingerprint density at radius 3 is 2.34 bits per heavy atom. The number of nitrogens with zero attached hydrogens (tertiary/aromatic N) is 4. The van der Waals surface area contributed by atoms with Crippen molar-refractivity contribution >= 4 is 64.6 Å². The molecular weight excluding hydrogens is 564 g/mol. The number of halogens is 3. The van der Waals surface area contributed by atoms with E-state index in [0.29, 0.717) is 5.92 Å². The Morgan fingerprint density at radius 1 is 1.07 bits per heavy atom. The molecule has 1 fully saturated rings. The summed E-state index contributed by atoms with van der Waals surface area (Å²) in [5.74, 6) is 2.40. The zero-order valence-corrected chi connectivity index (χ0v) is 21.2. The lowest BCUT2D eigenvalue weighted by molar-refractivity contribution is 0.240. The average molecular weight is 587 g/mol. The van der Waals surface area contributed by atoms with Crippen molar-refractivity contribution in [3.63, 3.8) is 0 Å². The van der Waals surface area contributed by atoms with Gasteiger partial charge in [-0.2, -0.15) is 0 Å². The van der Waals surface area contributed by atoms with Crippen LogP contribution in [0.25, 0.3) is 16.7 Å². The standard InChI is InChI=1S/C21H23Br3N4O/c1-12-11-28(19-16(23)9-15(22)10-17(19)24)21-18(12)20(25-13(2)26-21)27-6-3-14(4-7-27)5-8-29/h9-11,14,29H,3-8H2,1-2H3. The van der Waals surface area contributed by atoms with Gasteiger partial charge in [-0.05, 0) is 88.6 Å². The van der Waals surface area contributed by atoms with Crippen LogP contribution >= 0.6 is 47.8 Å². The number of rotatable bonds is 4. The first kappa shape index (κ1) is 21.3. The predicted molar refractivity (Wildman–Crippen MR) is 128 cm³/mol. The zero-order chi connectivity index (χ0) is 20.7. The van der Waals surface area contributed by atoms with Crippen molar-refractivity contribution in [1.29, 1.82) is 0 Å². The number of piperidine rings is 1. The summed E-state index contributed by atoms with van der Waals surface area (Å²) < 4.78 is 5.11. The van der Waals surface area contributed by atoms with E-state index >= 15 is 0 Å². The summed E-state index contributed by atoms with van der Waals surface area (Å²) >= 11 is 11.0. The minimum atomic E-state index is 0.278. The largest absolute Gasteiger partial charge is 0.396 e. The van der Waals surface area contributed by atoms with E-state index < -0.39 is 0 Å². The molecule has 4 rings (SSSR count). The number of anilines is 1. The molecule has 1 saturated heterocycles. The van der Waals surface area contributed by atoms with Gasteiger partial charge >= 0.3 is 0 Å². The van der Waals surface area contributed by atoms with E-state index in [0.717, 1.165) is 79.7 Å². The van der Waals surface area contributed by atoms with Gasteiger partial charge in [0.05, 0.1) is 11.1 Å². The molecule has 1 aliphatic heterocycles. The molecule has 1 N–H and O–H groups in total. The van der Waals surface area contributed by atoms with Crippen molar-refractivity contribution in [2.75, 3.05) is 24.6 Å². The lowest BCUT2D eigenvalue weighted by atomic mass is 9.94. The van der Waals surface area contributed by atoms with E-state index in [-0.39, 0.29) is 6.61 Å². The quantitative estimate of drug-likeness (QED) is 0.412. The Kier molecular flexibility index (Phi) is 6.35. The maximum atomic E-state index is 9.24. The number of aryl methyl sites for hydroxylation is 2. The Morgan fingerprint density at radius 2 is 1.72 bits per heavy atom. The van der Waals surface area contributed by atoms with E-state index in [9.17, 15) is 5.11 Å². The Labute approximate surface area is 195 Å². The summed E-state index contributed by atoms with van der Waals surface area (Å²) in [6, 6.07) is 4.09. The molecule has 0 atom stereocenters. The van der Waals surface area contributed by atoms with Crippen LogP contribution in [0.2, 0.25) is 0 Å². The van der Waals surface area contributed by atoms with Gasteiger partial charge in [0, 0.05) is 39.3 Å². The number of benzene rings is 1. The molecule has 1 aliphatic rings. The third-order valence-corrected chi connectivity index (χ3v) is 7.27. The van der Waals surface area contributed by atoms with Crippen LogP contribution in [0.1, 0.15) is 30.7 Å². The normalized spacial score (nSPS) is 15.4. The maximum absolute atomic E-state index is 9.24. The molecular formula is C21H23Br3N4O. The van der Waals surface area contributed by atoms with Crippen molar-refractivity contribution in [3.05, 3.63) is 43.1 Å². The number of aliphatic hydroxyl groups excluding tert-OH is 1. The van der Waals surface area contributed by atoms with E-state index in [1.807, 2.05) is 19.1 Å². The van der Waals surface area contributed by atoms with E-state index in [4.69, 9.17) is 9.97 Å². The van der Waals surface area contributed by atoms with Crippen molar-refractivity contribution in [3.8, 4) is 5.69 Å². The fraction of sp³-hybridized carbons (Fsp3) is 0.429. The van der Waals surface area contributed by atoms with E-state index in [2.05, 4.69) is 70.4 Å². The highest BCUT2D eigenvalue weighted by Crippen LogP contribution is 2.38. The van der Waals surface area contributed by atoms with Crippen molar-refractivity contribution in [2.24, 2.45) is 5.92 Å². The molecule has 0 spiro atoms. The number of fused-ring (bicyclic) bond motifs is 1. The molecule has 3 heterocycles. The molecule has 29 heavy (non-hydrogen) atoms. The fourth-order valence-corrected chi connectivity index (χ4v) is 6.81. The molecule has 0 unspecified atom stereocenters. The summed E-state index contributed by atoms with van der Waals surface area (Å²) in [7, 11) is 0. The summed E-state index contributed by atoms with van der Waals surface area (Å²) in [5.41, 5.74) is 3.11. The highest BCUT2D eigenvalue weighted by atomic mass is 79.9. The molecule has 0 aliphatic carbocycles. The van der Waals surface area contributed by atoms with E-state index in [1.54, 1.807) is 0 Å². The summed E-state index contributed by atoms with van der Waals surface area (Å²) in [6.07, 6.45) is 5.22. The summed E-state index contributed by atoms with van der Waals surface area (Å²) in [5, 5.41) is 10.4. The van der Waals surface area contributed by atoms with Crippen LogP contribution in [0.5, 0.6) is 0 Å². The number of hydrogen-bond acceptors (Lipinski definition) is 4. The zero-order valence-electron chi connectivity index (χ0n) is 16.4. The molecule has 2 aromatic heterocycles. The average Bonchev–Trinajstić information content (AvgIpc) is 2.97. The van der Waals surface area contributed by atoms with Gasteiger partial charge in [-0.3, -0.25) is 4.57 Å². The SMILES string of the molecule is Cc1nc(N2CCC(CCO)CC2)c2c(C)cn(-c3c(Br)cc(Br)cc3Br)c2n1. The minimum Gasteiger partial charge on any atom is -0.396 e. The van der Waals surface area contributed by atoms with Crippen LogP contribution in [0.15, 0.2) is 31.7 Å². The highest BCUT2D eigenvalue weighted by molar-refractivity contribution is 9.11. The second-order valence-corrected chi connectivity index (χ2v) is 10.3. The van der Waals surface area contributed by atoms with Crippen molar-refractivity contribution in [1.82, 2.24) is 14.5 Å². The van der Waals surface area contributed by atoms with Crippen molar-refractivity contribution < 1.29 is 5.11 Å². The molecule has 8 heteroatoms. The molecule has 154 valence electrons. The number of aromatic nitrogens is 3. The smallest absolute Gasteiger partial charge is 0.150 e. The molecule has 0 amide bonds. The third-order valence-electron chi connectivity index (χ3n) is 5.60. The summed E-state index contributed by atoms with van der Waals surface area (Å²) in [4.78, 5) is 12.0. The van der Waals surface area contributed by atoms with Crippen LogP contribution in [0, 0.1) is 19.8 Å². The second kappa shape index (κ2) is 8.65. The second-order valence-electron chi connectivity index (χ2n) is 7.64. The Hall–Kier alpha value is -0.960. The maximum Gasteiger partial charge on any atom is 0.150 e. The lowest BCUT2D eigenvalue weighted by Gasteiger charge is -2.33. The van der Waals surface area contributed by atoms with Gasteiger partial charge in [-0.25, -0.2) is 9.97 Å². The van der Waals surface area contributed by atoms with Crippen LogP contribution in [0.4, 0.5) is 5.82 Å². The lowest BCUT2D eigenvalue weighted by Crippen LogP contribution is -2.34. The van der Waals surface area contributed by atoms with E-state index in [1.165, 1.54) is 0 Å². The van der Waals surface area contributed by atoms with Gasteiger partial charge in [0.1, 0.15) is 11.6 Å². The first-order valence-corrected chi connectivity index (χ1v) is 12.1. The van der Waals surface area contributed by atoms with Crippen LogP contribution in [0.3, 0.4) is 0 Å². The molecule has 0 saturated carbocycles. The van der Waals surface area contributed by atoms with Crippen LogP contribution in [-0.2, 0) is 0 Å². The topological polar surface area (TPSA) is 54.2 Å². The van der Waals surface area contributed by atoms with Gasteiger partial charge in [0.25, 0.3) is 0 Å².